The van der Waals surface area contributed by atoms with Gasteiger partial charge < -0.3 is 14.2 Å². The maximum absolute atomic E-state index is 14.2. The molecule has 0 N–H and O–H groups in total. The van der Waals surface area contributed by atoms with E-state index in [9.17, 15) is 4.79 Å². The zero-order valence-corrected chi connectivity index (χ0v) is 27.7. The number of nitrogens with zero attached hydrogens (tertiary/aromatic N) is 2. The third-order valence-corrected chi connectivity index (χ3v) is 10.7. The van der Waals surface area contributed by atoms with Crippen molar-refractivity contribution >= 4 is 27.2 Å². The van der Waals surface area contributed by atoms with Crippen LogP contribution in [0.5, 0.6) is 17.2 Å². The summed E-state index contributed by atoms with van der Waals surface area (Å²) in [5.41, 5.74) is 2.39. The first kappa shape index (κ1) is 31.6. The van der Waals surface area contributed by atoms with Gasteiger partial charge in [0.15, 0.2) is 5.78 Å². The quantitative estimate of drug-likeness (QED) is 0.139. The summed E-state index contributed by atoms with van der Waals surface area (Å²) in [6, 6.07) is 22.3. The number of rotatable bonds is 13. The molecule has 2 fully saturated rings. The number of hydrogen-bond donors (Lipinski definition) is 0. The molecule has 7 heteroatoms. The topological polar surface area (TPSA) is 51.2 Å². The predicted molar refractivity (Wildman–Crippen MR) is 184 cm³/mol. The van der Waals surface area contributed by atoms with E-state index in [0.29, 0.717) is 18.2 Å². The molecule has 0 amide bonds. The van der Waals surface area contributed by atoms with E-state index in [0.717, 1.165) is 69.4 Å². The molecule has 1 aromatic heterocycles. The summed E-state index contributed by atoms with van der Waals surface area (Å²) in [7, 11) is 1.67. The van der Waals surface area contributed by atoms with Crippen LogP contribution in [0, 0.1) is 0 Å². The van der Waals surface area contributed by atoms with Gasteiger partial charge in [-0.3, -0.25) is 14.6 Å². The van der Waals surface area contributed by atoms with E-state index in [2.05, 4.69) is 35.8 Å². The van der Waals surface area contributed by atoms with Gasteiger partial charge in [-0.05, 0) is 131 Å². The summed E-state index contributed by atoms with van der Waals surface area (Å²) in [6.07, 6.45) is 7.44. The Bertz CT molecular complexity index is 1560. The molecule has 6 rings (SSSR count). The maximum Gasteiger partial charge on any atom is 0.195 e. The van der Waals surface area contributed by atoms with Crippen molar-refractivity contribution in [2.75, 3.05) is 46.4 Å². The van der Waals surface area contributed by atoms with Crippen molar-refractivity contribution < 1.29 is 19.0 Å². The largest absolute Gasteiger partial charge is 0.497 e. The molecule has 4 aromatic rings. The number of thiophene rings is 1. The molecule has 1 saturated carbocycles. The van der Waals surface area contributed by atoms with E-state index >= 15 is 0 Å². The van der Waals surface area contributed by atoms with E-state index in [4.69, 9.17) is 14.2 Å². The standard InChI is InChI=1S/C38H46N2O4S/c1-4-40(5-2)33-10-6-7-11-34(33)44-30-18-12-27(13-19-30)37(41)36-32-21-20-31(42-3)26-35(32)45-38(36)28-14-16-29(17-15-28)43-25-24-39-22-8-9-23-39/h12-21,26,33-34H,4-11,22-25H2,1-3H3/t33-,34-/m1/s1. The van der Waals surface area contributed by atoms with Crippen LogP contribution in [0.1, 0.15) is 68.3 Å². The van der Waals surface area contributed by atoms with Gasteiger partial charge >= 0.3 is 0 Å². The highest BCUT2D eigenvalue weighted by Gasteiger charge is 2.30. The van der Waals surface area contributed by atoms with Crippen LogP contribution >= 0.6 is 11.3 Å². The maximum atomic E-state index is 14.2. The Morgan fingerprint density at radius 2 is 1.56 bits per heavy atom. The van der Waals surface area contributed by atoms with Gasteiger partial charge in [0.2, 0.25) is 0 Å². The minimum absolute atomic E-state index is 0.0117. The summed E-state index contributed by atoms with van der Waals surface area (Å²) in [5.74, 6) is 2.47. The highest BCUT2D eigenvalue weighted by Crippen LogP contribution is 2.42. The molecule has 0 radical (unpaired) electrons. The molecule has 2 aliphatic rings. The zero-order valence-electron chi connectivity index (χ0n) is 26.9. The number of likely N-dealkylation sites (tertiary alicyclic amines) is 1. The van der Waals surface area contributed by atoms with Crippen molar-refractivity contribution in [2.24, 2.45) is 0 Å². The Hall–Kier alpha value is -3.39. The molecular formula is C38H46N2O4S. The summed E-state index contributed by atoms with van der Waals surface area (Å²) >= 11 is 1.63. The van der Waals surface area contributed by atoms with E-state index in [1.807, 2.05) is 54.6 Å². The SMILES string of the molecule is CCN(CC)[C@@H]1CCCC[C@H]1Oc1ccc(C(=O)c2c(-c3ccc(OCCN4CCCC4)cc3)sc3cc(OC)ccc23)cc1. The normalized spacial score (nSPS) is 18.8. The Morgan fingerprint density at radius 1 is 0.867 bits per heavy atom. The van der Waals surface area contributed by atoms with Gasteiger partial charge in [-0.25, -0.2) is 0 Å². The first-order chi connectivity index (χ1) is 22.1. The van der Waals surface area contributed by atoms with Gasteiger partial charge in [0.1, 0.15) is 30.0 Å². The van der Waals surface area contributed by atoms with Crippen LogP contribution in [0.15, 0.2) is 66.7 Å². The molecule has 3 aromatic carbocycles. The number of likely N-dealkylation sites (N-methyl/N-ethyl adjacent to an activating group) is 1. The Morgan fingerprint density at radius 3 is 2.27 bits per heavy atom. The minimum Gasteiger partial charge on any atom is -0.497 e. The second-order valence-electron chi connectivity index (χ2n) is 12.2. The van der Waals surface area contributed by atoms with Crippen molar-refractivity contribution in [2.45, 2.75) is 64.5 Å². The Labute approximate surface area is 271 Å². The summed E-state index contributed by atoms with van der Waals surface area (Å²) in [5, 5.41) is 0.941. The molecule has 0 bridgehead atoms. The number of ether oxygens (including phenoxy) is 3. The fraction of sp³-hybridized carbons (Fsp3) is 0.447. The second kappa shape index (κ2) is 14.8. The fourth-order valence-corrected chi connectivity index (χ4v) is 8.20. The van der Waals surface area contributed by atoms with E-state index in [1.54, 1.807) is 18.4 Å². The highest BCUT2D eigenvalue weighted by molar-refractivity contribution is 7.22. The van der Waals surface area contributed by atoms with Gasteiger partial charge in [0.05, 0.1) is 7.11 Å². The van der Waals surface area contributed by atoms with Gasteiger partial charge in [-0.15, -0.1) is 11.3 Å². The lowest BCUT2D eigenvalue weighted by molar-refractivity contribution is 0.0413. The second-order valence-corrected chi connectivity index (χ2v) is 13.2. The van der Waals surface area contributed by atoms with Gasteiger partial charge in [0, 0.05) is 38.7 Å². The molecule has 0 unspecified atom stereocenters. The van der Waals surface area contributed by atoms with Crippen LogP contribution in [0.2, 0.25) is 0 Å². The summed E-state index contributed by atoms with van der Waals surface area (Å²) in [6.45, 7) is 10.5. The molecule has 0 spiro atoms. The van der Waals surface area contributed by atoms with Crippen molar-refractivity contribution in [3.05, 3.63) is 77.9 Å². The van der Waals surface area contributed by atoms with Crippen molar-refractivity contribution in [3.63, 3.8) is 0 Å². The molecule has 238 valence electrons. The number of carbonyl (C=O) groups excluding carboxylic acids is 1. The van der Waals surface area contributed by atoms with E-state index in [1.165, 1.54) is 45.2 Å². The number of fused-ring (bicyclic) bond motifs is 1. The lowest BCUT2D eigenvalue weighted by Crippen LogP contribution is -2.47. The Balaban J connectivity index is 1.23. The first-order valence-corrected chi connectivity index (χ1v) is 17.5. The smallest absolute Gasteiger partial charge is 0.195 e. The van der Waals surface area contributed by atoms with E-state index in [-0.39, 0.29) is 11.9 Å². The summed E-state index contributed by atoms with van der Waals surface area (Å²) < 4.78 is 19.1. The van der Waals surface area contributed by atoms with Crippen molar-refractivity contribution in [3.8, 4) is 27.7 Å². The van der Waals surface area contributed by atoms with Crippen molar-refractivity contribution in [1.82, 2.24) is 9.80 Å². The predicted octanol–water partition coefficient (Wildman–Crippen LogP) is 8.31. The number of carbonyl (C=O) groups is 1. The van der Waals surface area contributed by atoms with Crippen LogP contribution in [-0.4, -0.2) is 74.2 Å². The minimum atomic E-state index is 0.0117. The van der Waals surface area contributed by atoms with Gasteiger partial charge in [-0.1, -0.05) is 20.3 Å². The lowest BCUT2D eigenvalue weighted by Gasteiger charge is -2.39. The first-order valence-electron chi connectivity index (χ1n) is 16.7. The third-order valence-electron chi connectivity index (χ3n) is 9.47. The van der Waals surface area contributed by atoms with Gasteiger partial charge in [-0.2, -0.15) is 0 Å². The third kappa shape index (κ3) is 7.21. The van der Waals surface area contributed by atoms with Crippen LogP contribution < -0.4 is 14.2 Å². The summed E-state index contributed by atoms with van der Waals surface area (Å²) in [4.78, 5) is 20.2. The number of methoxy groups -OCH3 is 1. The number of hydrogen-bond acceptors (Lipinski definition) is 7. The molecule has 1 saturated heterocycles. The number of ketones is 1. The monoisotopic (exact) mass is 626 g/mol. The molecule has 1 aliphatic heterocycles. The van der Waals surface area contributed by atoms with Crippen LogP contribution in [0.3, 0.4) is 0 Å². The zero-order chi connectivity index (χ0) is 31.2. The van der Waals surface area contributed by atoms with Crippen LogP contribution in [0.25, 0.3) is 20.5 Å². The number of benzene rings is 3. The fourth-order valence-electron chi connectivity index (χ4n) is 6.96. The van der Waals surface area contributed by atoms with Gasteiger partial charge in [0.25, 0.3) is 0 Å². The molecule has 1 aliphatic carbocycles. The Kier molecular flexibility index (Phi) is 10.4. The lowest BCUT2D eigenvalue weighted by atomic mass is 9.91. The molecule has 45 heavy (non-hydrogen) atoms. The highest BCUT2D eigenvalue weighted by atomic mass is 32.1. The van der Waals surface area contributed by atoms with E-state index < -0.39 is 0 Å². The molecular weight excluding hydrogens is 580 g/mol. The molecule has 2 atom stereocenters. The average molecular weight is 627 g/mol. The molecule has 2 heterocycles. The van der Waals surface area contributed by atoms with Crippen molar-refractivity contribution in [1.29, 1.82) is 0 Å². The average Bonchev–Trinajstić information content (AvgIpc) is 3.74. The van der Waals surface area contributed by atoms with Crippen LogP contribution in [-0.2, 0) is 0 Å². The van der Waals surface area contributed by atoms with Crippen LogP contribution in [0.4, 0.5) is 0 Å². The molecule has 6 nitrogen and oxygen atoms in total.